The third-order valence-corrected chi connectivity index (χ3v) is 2.44. The van der Waals surface area contributed by atoms with Crippen molar-refractivity contribution in [3.8, 4) is 17.6 Å². The molecule has 2 heteroatoms. The molecule has 0 saturated heterocycles. The van der Waals surface area contributed by atoms with Crippen molar-refractivity contribution in [2.75, 3.05) is 0 Å². The smallest absolute Gasteiger partial charge is 0.165 e. The number of aromatic hydroxyl groups is 1. The summed E-state index contributed by atoms with van der Waals surface area (Å²) >= 11 is 0. The lowest BCUT2D eigenvalue weighted by molar-refractivity contribution is 0.434. The van der Waals surface area contributed by atoms with Crippen molar-refractivity contribution in [3.63, 3.8) is 0 Å². The second-order valence-electron chi connectivity index (χ2n) is 4.25. The molecule has 0 aromatic heterocycles. The van der Waals surface area contributed by atoms with Crippen LogP contribution in [0, 0.1) is 23.6 Å². The molecular weight excluding hydrogens is 215 g/mol. The average Bonchev–Trinajstić information content (AvgIpc) is 2.28. The molecule has 0 fully saturated rings. The van der Waals surface area contributed by atoms with Crippen LogP contribution in [-0.2, 0) is 0 Å². The van der Waals surface area contributed by atoms with Crippen LogP contribution in [0.1, 0.15) is 19.4 Å². The van der Waals surface area contributed by atoms with E-state index in [1.807, 2.05) is 32.0 Å². The molecule has 0 unspecified atom stereocenters. The van der Waals surface area contributed by atoms with E-state index in [9.17, 15) is 9.50 Å². The highest BCUT2D eigenvalue weighted by molar-refractivity contribution is 5.89. The van der Waals surface area contributed by atoms with Crippen LogP contribution in [0.3, 0.4) is 0 Å². The third-order valence-electron chi connectivity index (χ3n) is 2.44. The highest BCUT2D eigenvalue weighted by Gasteiger charge is 2.05. The van der Waals surface area contributed by atoms with Crippen molar-refractivity contribution in [2.45, 2.75) is 13.8 Å². The Morgan fingerprint density at radius 1 is 1.24 bits per heavy atom. The lowest BCUT2D eigenvalue weighted by Crippen LogP contribution is -1.84. The van der Waals surface area contributed by atoms with Crippen LogP contribution in [0.25, 0.3) is 10.8 Å². The summed E-state index contributed by atoms with van der Waals surface area (Å²) in [5, 5.41) is 10.8. The van der Waals surface area contributed by atoms with Crippen molar-refractivity contribution in [1.82, 2.24) is 0 Å². The molecule has 0 spiro atoms. The Morgan fingerprint density at radius 3 is 2.71 bits per heavy atom. The molecule has 17 heavy (non-hydrogen) atoms. The van der Waals surface area contributed by atoms with Crippen LogP contribution in [0.2, 0.25) is 0 Å². The lowest BCUT2D eigenvalue weighted by atomic mass is 10.0. The average molecular weight is 228 g/mol. The zero-order chi connectivity index (χ0) is 12.4. The maximum atomic E-state index is 13.3. The fourth-order valence-corrected chi connectivity index (χ4v) is 1.62. The minimum Gasteiger partial charge on any atom is -0.505 e. The van der Waals surface area contributed by atoms with Gasteiger partial charge in [-0.3, -0.25) is 0 Å². The zero-order valence-electron chi connectivity index (χ0n) is 9.79. The molecule has 0 bridgehead atoms. The SMILES string of the molecule is CC(C)C#Cc1cccc2cc(O)c(F)cc12. The first kappa shape index (κ1) is 11.5. The molecule has 0 amide bonds. The number of hydrogen-bond donors (Lipinski definition) is 1. The van der Waals surface area contributed by atoms with Crippen LogP contribution in [0.15, 0.2) is 30.3 Å². The molecule has 0 aliphatic rings. The Kier molecular flexibility index (Phi) is 3.01. The largest absolute Gasteiger partial charge is 0.505 e. The molecule has 86 valence electrons. The van der Waals surface area contributed by atoms with Gasteiger partial charge in [0.1, 0.15) is 0 Å². The normalized spacial score (nSPS) is 10.4. The zero-order valence-corrected chi connectivity index (χ0v) is 9.79. The summed E-state index contributed by atoms with van der Waals surface area (Å²) in [5.74, 6) is 5.42. The van der Waals surface area contributed by atoms with E-state index < -0.39 is 5.82 Å². The summed E-state index contributed by atoms with van der Waals surface area (Å²) in [6, 6.07) is 8.29. The number of phenolic OH excluding ortho intramolecular Hbond substituents is 1. The summed E-state index contributed by atoms with van der Waals surface area (Å²) < 4.78 is 13.3. The molecule has 2 rings (SSSR count). The molecule has 1 N–H and O–H groups in total. The Bertz CT molecular complexity index is 618. The molecule has 2 aromatic carbocycles. The van der Waals surface area contributed by atoms with Gasteiger partial charge in [0.2, 0.25) is 0 Å². The van der Waals surface area contributed by atoms with Gasteiger partial charge < -0.3 is 5.11 Å². The maximum absolute atomic E-state index is 13.3. The quantitative estimate of drug-likeness (QED) is 0.682. The van der Waals surface area contributed by atoms with Gasteiger partial charge in [-0.25, -0.2) is 4.39 Å². The van der Waals surface area contributed by atoms with Crippen LogP contribution in [-0.4, -0.2) is 5.11 Å². The van der Waals surface area contributed by atoms with E-state index in [0.717, 1.165) is 16.3 Å². The van der Waals surface area contributed by atoms with Gasteiger partial charge in [-0.2, -0.15) is 0 Å². The first-order valence-electron chi connectivity index (χ1n) is 5.50. The molecule has 0 aliphatic heterocycles. The summed E-state index contributed by atoms with van der Waals surface area (Å²) in [5.41, 5.74) is 0.787. The molecule has 0 heterocycles. The van der Waals surface area contributed by atoms with Gasteiger partial charge in [0, 0.05) is 16.9 Å². The van der Waals surface area contributed by atoms with E-state index >= 15 is 0 Å². The van der Waals surface area contributed by atoms with Gasteiger partial charge in [-0.15, -0.1) is 0 Å². The molecule has 2 aromatic rings. The van der Waals surface area contributed by atoms with Gasteiger partial charge in [0.25, 0.3) is 0 Å². The Balaban J connectivity index is 2.66. The lowest BCUT2D eigenvalue weighted by Gasteiger charge is -2.03. The number of benzene rings is 2. The van der Waals surface area contributed by atoms with E-state index in [1.165, 1.54) is 12.1 Å². The van der Waals surface area contributed by atoms with Crippen LogP contribution in [0.5, 0.6) is 5.75 Å². The van der Waals surface area contributed by atoms with E-state index in [-0.39, 0.29) is 11.7 Å². The van der Waals surface area contributed by atoms with Crippen molar-refractivity contribution in [1.29, 1.82) is 0 Å². The van der Waals surface area contributed by atoms with E-state index in [4.69, 9.17) is 0 Å². The summed E-state index contributed by atoms with van der Waals surface area (Å²) in [4.78, 5) is 0. The van der Waals surface area contributed by atoms with Crippen molar-refractivity contribution in [3.05, 3.63) is 41.7 Å². The number of hydrogen-bond acceptors (Lipinski definition) is 1. The third kappa shape index (κ3) is 2.39. The fourth-order valence-electron chi connectivity index (χ4n) is 1.62. The molecule has 0 aliphatic carbocycles. The first-order valence-corrected chi connectivity index (χ1v) is 5.50. The summed E-state index contributed by atoms with van der Waals surface area (Å²) in [7, 11) is 0. The Hall–Kier alpha value is -2.01. The van der Waals surface area contributed by atoms with Gasteiger partial charge in [0.05, 0.1) is 0 Å². The summed E-state index contributed by atoms with van der Waals surface area (Å²) in [6.45, 7) is 4.01. The first-order chi connectivity index (χ1) is 8.08. The minimum atomic E-state index is -0.615. The van der Waals surface area contributed by atoms with Crippen LogP contribution >= 0.6 is 0 Å². The molecule has 0 atom stereocenters. The van der Waals surface area contributed by atoms with Crippen molar-refractivity contribution < 1.29 is 9.50 Å². The standard InChI is InChI=1S/C15H13FO/c1-10(2)6-7-11-4-3-5-12-8-15(17)14(16)9-13(11)12/h3-5,8-10,17H,1-2H3. The second kappa shape index (κ2) is 4.47. The monoisotopic (exact) mass is 228 g/mol. The Labute approximate surface area is 99.9 Å². The molecule has 0 saturated carbocycles. The van der Waals surface area contributed by atoms with Crippen molar-refractivity contribution in [2.24, 2.45) is 5.92 Å². The molecule has 0 radical (unpaired) electrons. The van der Waals surface area contributed by atoms with Gasteiger partial charge in [-0.1, -0.05) is 37.8 Å². The second-order valence-corrected chi connectivity index (χ2v) is 4.25. The van der Waals surface area contributed by atoms with Gasteiger partial charge in [0.15, 0.2) is 11.6 Å². The van der Waals surface area contributed by atoms with E-state index in [1.54, 1.807) is 0 Å². The number of fused-ring (bicyclic) bond motifs is 1. The van der Waals surface area contributed by atoms with Gasteiger partial charge >= 0.3 is 0 Å². The van der Waals surface area contributed by atoms with E-state index in [0.29, 0.717) is 0 Å². The molecule has 1 nitrogen and oxygen atoms in total. The highest BCUT2D eigenvalue weighted by Crippen LogP contribution is 2.25. The fraction of sp³-hybridized carbons (Fsp3) is 0.200. The van der Waals surface area contributed by atoms with E-state index in [2.05, 4.69) is 11.8 Å². The number of rotatable bonds is 0. The maximum Gasteiger partial charge on any atom is 0.165 e. The molecular formula is C15H13FO. The Morgan fingerprint density at radius 2 is 2.00 bits per heavy atom. The van der Waals surface area contributed by atoms with Crippen LogP contribution in [0.4, 0.5) is 4.39 Å². The topological polar surface area (TPSA) is 20.2 Å². The van der Waals surface area contributed by atoms with Crippen molar-refractivity contribution >= 4 is 10.8 Å². The number of halogens is 1. The predicted octanol–water partition coefficient (Wildman–Crippen LogP) is 3.69. The number of phenols is 1. The van der Waals surface area contributed by atoms with Crippen LogP contribution < -0.4 is 0 Å². The highest BCUT2D eigenvalue weighted by atomic mass is 19.1. The summed E-state index contributed by atoms with van der Waals surface area (Å²) in [6.07, 6.45) is 0. The minimum absolute atomic E-state index is 0.271. The predicted molar refractivity (Wildman–Crippen MR) is 67.3 cm³/mol. The van der Waals surface area contributed by atoms with Gasteiger partial charge in [-0.05, 0) is 23.6 Å².